The van der Waals surface area contributed by atoms with Gasteiger partial charge in [0, 0.05) is 0 Å². The molecule has 77 heavy (non-hydrogen) atoms. The molecule has 0 aromatic heterocycles. The van der Waals surface area contributed by atoms with E-state index in [1.54, 1.807) is 0 Å². The molecule has 0 heterocycles. The van der Waals surface area contributed by atoms with Gasteiger partial charge in [-0.05, 0) is 0 Å². The van der Waals surface area contributed by atoms with Gasteiger partial charge in [0.05, 0.1) is 0 Å². The zero-order valence-corrected chi connectivity index (χ0v) is 54.9. The first-order valence-electron chi connectivity index (χ1n) is 35.1. The predicted octanol–water partition coefficient (Wildman–Crippen LogP) is 25.4. The summed E-state index contributed by atoms with van der Waals surface area (Å²) in [6, 6.07) is 0. The molecule has 0 aromatic carbocycles. The van der Waals surface area contributed by atoms with Crippen molar-refractivity contribution in [3.63, 3.8) is 0 Å². The van der Waals surface area contributed by atoms with Crippen LogP contribution in [0.2, 0.25) is 0 Å². The minimum absolute atomic E-state index is 0. The molecule has 0 radical (unpaired) electrons. The van der Waals surface area contributed by atoms with Gasteiger partial charge in [-0.15, -0.1) is 0 Å². The molecule has 0 fully saturated rings. The Morgan fingerprint density at radius 3 is 0.299 bits per heavy atom. The Labute approximate surface area is 501 Å². The molecular formula is C72H140O4Ti. The molecule has 0 amide bonds. The van der Waals surface area contributed by atoms with E-state index in [9.17, 15) is 19.2 Å². The number of unbranched alkanes of at least 4 members (excludes halogenated alkanes) is 60. The Balaban J connectivity index is -0.000000298. The van der Waals surface area contributed by atoms with Crippen molar-refractivity contribution < 1.29 is 40.9 Å². The first kappa shape index (κ1) is 85.2. The van der Waals surface area contributed by atoms with E-state index in [0.29, 0.717) is 25.7 Å². The molecule has 0 N–H and O–H groups in total. The fraction of sp³-hybridized carbons (Fsp3) is 0.944. The summed E-state index contributed by atoms with van der Waals surface area (Å²) in [4.78, 5) is 40.1. The van der Waals surface area contributed by atoms with Crippen LogP contribution in [0.1, 0.15) is 439 Å². The zero-order valence-electron chi connectivity index (χ0n) is 53.4. The summed E-state index contributed by atoms with van der Waals surface area (Å²) in [7, 11) is 0. The van der Waals surface area contributed by atoms with Gasteiger partial charge < -0.3 is 19.2 Å². The molecule has 4 nitrogen and oxygen atoms in total. The molecule has 0 saturated heterocycles. The van der Waals surface area contributed by atoms with Crippen LogP contribution in [0.25, 0.3) is 0 Å². The van der Waals surface area contributed by atoms with Crippen LogP contribution in [0.4, 0.5) is 0 Å². The fourth-order valence-electron chi connectivity index (χ4n) is 10.3. The van der Waals surface area contributed by atoms with Crippen LogP contribution in [-0.4, -0.2) is 25.1 Å². The second kappa shape index (κ2) is 91.9. The van der Waals surface area contributed by atoms with Gasteiger partial charge in [0.25, 0.3) is 0 Å². The minimum atomic E-state index is 0. The Morgan fingerprint density at radius 2 is 0.221 bits per heavy atom. The van der Waals surface area contributed by atoms with Gasteiger partial charge in [-0.3, -0.25) is 25.1 Å². The quantitative estimate of drug-likeness (QED) is 0.0346. The van der Waals surface area contributed by atoms with Crippen molar-refractivity contribution in [3.8, 4) is 0 Å². The molecule has 0 aromatic rings. The van der Waals surface area contributed by atoms with E-state index in [2.05, 4.69) is 27.7 Å². The smallest absolute Gasteiger partial charge is 0.542 e. The average molecular weight is 1120 g/mol. The third-order valence-electron chi connectivity index (χ3n) is 15.5. The summed E-state index contributed by atoms with van der Waals surface area (Å²) in [5.41, 5.74) is 0. The van der Waals surface area contributed by atoms with E-state index >= 15 is 0 Å². The standard InChI is InChI=1S/4C18H35O.Ti/c4*1-2-3-4-5-6-7-8-9-10-11-12-13-14-15-16-17-18-19;/h4*2-17H2,1H3;/q4*-1;+4. The SMILES string of the molecule is CCCCCCCCCCCCCCCCC[C-]=O.CCCCCCCCCCCCCCCCC[C-]=O.CCCCCCCCCCCCCCCCC[C-]=O.CCCCCCCCCCCCCCCCC[C-]=O.[Ti+4]. The van der Waals surface area contributed by atoms with Crippen molar-refractivity contribution in [1.82, 2.24) is 0 Å². The van der Waals surface area contributed by atoms with E-state index in [1.165, 1.54) is 360 Å². The van der Waals surface area contributed by atoms with E-state index in [4.69, 9.17) is 0 Å². The van der Waals surface area contributed by atoms with Gasteiger partial charge in [0.2, 0.25) is 0 Å². The molecule has 0 aliphatic carbocycles. The van der Waals surface area contributed by atoms with Crippen molar-refractivity contribution in [2.75, 3.05) is 0 Å². The normalized spacial score (nSPS) is 10.6. The number of carbonyl (C=O) groups excluding carboxylic acids is 4. The van der Waals surface area contributed by atoms with Gasteiger partial charge in [0.15, 0.2) is 0 Å². The molecule has 0 atom stereocenters. The first-order chi connectivity index (χ1) is 37.7. The Kier molecular flexibility index (Phi) is 102. The molecule has 0 unspecified atom stereocenters. The Morgan fingerprint density at radius 1 is 0.143 bits per heavy atom. The summed E-state index contributed by atoms with van der Waals surface area (Å²) in [6.45, 7) is 9.11. The van der Waals surface area contributed by atoms with Crippen molar-refractivity contribution in [1.29, 1.82) is 0 Å². The van der Waals surface area contributed by atoms with Crippen LogP contribution in [0.5, 0.6) is 0 Å². The maximum Gasteiger partial charge on any atom is 4.00 e. The van der Waals surface area contributed by atoms with Crippen LogP contribution in [0, 0.1) is 0 Å². The van der Waals surface area contributed by atoms with E-state index in [0.717, 1.165) is 25.7 Å². The van der Waals surface area contributed by atoms with Crippen LogP contribution < -0.4 is 0 Å². The van der Waals surface area contributed by atoms with Crippen molar-refractivity contribution >= 4 is 25.1 Å². The van der Waals surface area contributed by atoms with Gasteiger partial charge >= 0.3 is 21.7 Å². The molecule has 5 heteroatoms. The number of rotatable bonds is 64. The van der Waals surface area contributed by atoms with Crippen LogP contribution in [0.15, 0.2) is 0 Å². The summed E-state index contributed by atoms with van der Waals surface area (Å²) in [6.07, 6.45) is 92.8. The number of hydrogen-bond donors (Lipinski definition) is 0. The minimum Gasteiger partial charge on any atom is -0.542 e. The monoisotopic (exact) mass is 1120 g/mol. The van der Waals surface area contributed by atoms with E-state index in [-0.39, 0.29) is 21.7 Å². The van der Waals surface area contributed by atoms with Gasteiger partial charge in [-0.2, -0.15) is 25.7 Å². The topological polar surface area (TPSA) is 68.3 Å². The van der Waals surface area contributed by atoms with Gasteiger partial charge in [-0.1, -0.05) is 413 Å². The van der Waals surface area contributed by atoms with E-state index < -0.39 is 0 Å². The fourth-order valence-corrected chi connectivity index (χ4v) is 10.3. The van der Waals surface area contributed by atoms with Crippen LogP contribution in [-0.2, 0) is 40.9 Å². The third kappa shape index (κ3) is 101. The Hall–Kier alpha value is -0.606. The van der Waals surface area contributed by atoms with Crippen molar-refractivity contribution in [2.45, 2.75) is 439 Å². The predicted molar refractivity (Wildman–Crippen MR) is 341 cm³/mol. The Bertz CT molecular complexity index is 820. The molecule has 0 aliphatic rings. The first-order valence-corrected chi connectivity index (χ1v) is 35.1. The second-order valence-electron chi connectivity index (χ2n) is 23.4. The van der Waals surface area contributed by atoms with Crippen molar-refractivity contribution in [3.05, 3.63) is 0 Å². The summed E-state index contributed by atoms with van der Waals surface area (Å²) < 4.78 is 0. The molecule has 0 aliphatic heterocycles. The number of hydrogen-bond acceptors (Lipinski definition) is 4. The van der Waals surface area contributed by atoms with Crippen LogP contribution >= 0.6 is 0 Å². The molecule has 0 rings (SSSR count). The molecule has 456 valence electrons. The summed E-state index contributed by atoms with van der Waals surface area (Å²) >= 11 is 0. The third-order valence-corrected chi connectivity index (χ3v) is 15.5. The summed E-state index contributed by atoms with van der Waals surface area (Å²) in [5.74, 6) is 0. The van der Waals surface area contributed by atoms with E-state index in [1.807, 2.05) is 25.1 Å². The summed E-state index contributed by atoms with van der Waals surface area (Å²) in [5, 5.41) is 0. The maximum absolute atomic E-state index is 10.0. The van der Waals surface area contributed by atoms with Gasteiger partial charge in [0.1, 0.15) is 0 Å². The molecule has 0 bridgehead atoms. The largest absolute Gasteiger partial charge is 4.00 e. The molecule has 0 spiro atoms. The van der Waals surface area contributed by atoms with Gasteiger partial charge in [-0.25, -0.2) is 0 Å². The second-order valence-corrected chi connectivity index (χ2v) is 23.4. The van der Waals surface area contributed by atoms with Crippen molar-refractivity contribution in [2.24, 2.45) is 0 Å². The maximum atomic E-state index is 10.0. The van der Waals surface area contributed by atoms with Crippen LogP contribution in [0.3, 0.4) is 0 Å². The molecule has 0 saturated carbocycles. The zero-order chi connectivity index (χ0) is 56.1. The average Bonchev–Trinajstić information content (AvgIpc) is 3.43. The molecular weight excluding hydrogens is 977 g/mol.